The SMILES string of the molecule is Cc1noc(C)c1-c1c(-c2ccc(O)c(F)c2)nn(C)c1C(N)=O. The molecular formula is C16H15FN4O3. The maximum atomic E-state index is 13.8. The highest BCUT2D eigenvalue weighted by molar-refractivity contribution is 6.02. The summed E-state index contributed by atoms with van der Waals surface area (Å²) >= 11 is 0. The van der Waals surface area contributed by atoms with Crippen LogP contribution in [0.1, 0.15) is 21.9 Å². The van der Waals surface area contributed by atoms with Crippen LogP contribution in [0, 0.1) is 19.7 Å². The van der Waals surface area contributed by atoms with Gasteiger partial charge in [-0.15, -0.1) is 0 Å². The van der Waals surface area contributed by atoms with Gasteiger partial charge in [-0.1, -0.05) is 5.16 Å². The molecule has 8 heteroatoms. The van der Waals surface area contributed by atoms with E-state index in [4.69, 9.17) is 10.3 Å². The van der Waals surface area contributed by atoms with Gasteiger partial charge < -0.3 is 15.4 Å². The summed E-state index contributed by atoms with van der Waals surface area (Å²) in [4.78, 5) is 11.9. The minimum Gasteiger partial charge on any atom is -0.505 e. The molecule has 0 spiro atoms. The van der Waals surface area contributed by atoms with E-state index in [1.54, 1.807) is 20.9 Å². The molecule has 0 unspecified atom stereocenters. The van der Waals surface area contributed by atoms with Crippen molar-refractivity contribution in [3.8, 4) is 28.1 Å². The largest absolute Gasteiger partial charge is 0.505 e. The first kappa shape index (κ1) is 15.7. The van der Waals surface area contributed by atoms with E-state index in [9.17, 15) is 14.3 Å². The molecule has 0 saturated carbocycles. The Morgan fingerprint density at radius 3 is 2.58 bits per heavy atom. The molecule has 2 aromatic heterocycles. The highest BCUT2D eigenvalue weighted by atomic mass is 19.1. The van der Waals surface area contributed by atoms with Gasteiger partial charge in [0, 0.05) is 18.2 Å². The van der Waals surface area contributed by atoms with Crippen molar-refractivity contribution in [3.05, 3.63) is 41.2 Å². The van der Waals surface area contributed by atoms with Gasteiger partial charge >= 0.3 is 0 Å². The zero-order chi connectivity index (χ0) is 17.6. The zero-order valence-corrected chi connectivity index (χ0v) is 13.3. The number of nitrogens with zero attached hydrogens (tertiary/aromatic N) is 3. The highest BCUT2D eigenvalue weighted by Gasteiger charge is 2.27. The summed E-state index contributed by atoms with van der Waals surface area (Å²) in [6, 6.07) is 3.87. The van der Waals surface area contributed by atoms with Crippen molar-refractivity contribution in [1.82, 2.24) is 14.9 Å². The lowest BCUT2D eigenvalue weighted by molar-refractivity contribution is 0.0992. The van der Waals surface area contributed by atoms with E-state index in [-0.39, 0.29) is 5.69 Å². The molecule has 24 heavy (non-hydrogen) atoms. The van der Waals surface area contributed by atoms with E-state index >= 15 is 0 Å². The average molecular weight is 330 g/mol. The number of phenols is 1. The van der Waals surface area contributed by atoms with Gasteiger partial charge in [0.15, 0.2) is 11.6 Å². The summed E-state index contributed by atoms with van der Waals surface area (Å²) < 4.78 is 20.3. The molecule has 0 radical (unpaired) electrons. The maximum absolute atomic E-state index is 13.8. The van der Waals surface area contributed by atoms with Gasteiger partial charge in [0.1, 0.15) is 17.1 Å². The van der Waals surface area contributed by atoms with Gasteiger partial charge in [-0.25, -0.2) is 4.39 Å². The lowest BCUT2D eigenvalue weighted by Gasteiger charge is -2.05. The Morgan fingerprint density at radius 1 is 1.33 bits per heavy atom. The molecule has 3 N–H and O–H groups in total. The molecular weight excluding hydrogens is 315 g/mol. The normalized spacial score (nSPS) is 11.0. The first-order valence-electron chi connectivity index (χ1n) is 7.10. The lowest BCUT2D eigenvalue weighted by atomic mass is 9.97. The third kappa shape index (κ3) is 2.32. The van der Waals surface area contributed by atoms with E-state index in [1.165, 1.54) is 16.8 Å². The van der Waals surface area contributed by atoms with Crippen LogP contribution in [-0.2, 0) is 7.05 Å². The maximum Gasteiger partial charge on any atom is 0.267 e. The summed E-state index contributed by atoms with van der Waals surface area (Å²) in [5.74, 6) is -1.44. The number of phenolic OH excluding ortho intramolecular Hbond substituents is 1. The lowest BCUT2D eigenvalue weighted by Crippen LogP contribution is -2.17. The van der Waals surface area contributed by atoms with Crippen molar-refractivity contribution in [2.24, 2.45) is 12.8 Å². The number of amides is 1. The Balaban J connectivity index is 2.37. The fraction of sp³-hybridized carbons (Fsp3) is 0.188. The van der Waals surface area contributed by atoms with Gasteiger partial charge in [0.05, 0.1) is 11.3 Å². The van der Waals surface area contributed by atoms with Crippen LogP contribution in [0.2, 0.25) is 0 Å². The first-order valence-corrected chi connectivity index (χ1v) is 7.10. The standard InChI is InChI=1S/C16H15FN4O3/c1-7-12(8(2)24-20-7)13-14(19-21(3)15(13)16(18)23)9-4-5-11(22)10(17)6-9/h4-6,22H,1-3H3,(H2,18,23). The first-order chi connectivity index (χ1) is 11.3. The second kappa shape index (κ2) is 5.48. The van der Waals surface area contributed by atoms with Crippen LogP contribution < -0.4 is 5.73 Å². The number of nitrogens with two attached hydrogens (primary N) is 1. The Hall–Kier alpha value is -3.16. The van der Waals surface area contributed by atoms with Crippen LogP contribution in [0.3, 0.4) is 0 Å². The Morgan fingerprint density at radius 2 is 2.04 bits per heavy atom. The number of benzene rings is 1. The summed E-state index contributed by atoms with van der Waals surface area (Å²) in [6.07, 6.45) is 0. The third-order valence-electron chi connectivity index (χ3n) is 3.79. The van der Waals surface area contributed by atoms with Crippen molar-refractivity contribution in [2.45, 2.75) is 13.8 Å². The Kier molecular flexibility index (Phi) is 3.59. The summed E-state index contributed by atoms with van der Waals surface area (Å²) in [7, 11) is 1.57. The molecule has 0 aliphatic carbocycles. The topological polar surface area (TPSA) is 107 Å². The van der Waals surface area contributed by atoms with Crippen LogP contribution in [0.4, 0.5) is 4.39 Å². The van der Waals surface area contributed by atoms with Crippen LogP contribution in [0.25, 0.3) is 22.4 Å². The van der Waals surface area contributed by atoms with E-state index in [1.807, 2.05) is 0 Å². The number of halogens is 1. The molecule has 0 bridgehead atoms. The summed E-state index contributed by atoms with van der Waals surface area (Å²) in [5, 5.41) is 17.6. The molecule has 0 atom stereocenters. The minimum absolute atomic E-state index is 0.160. The number of primary amides is 1. The molecule has 2 heterocycles. The molecule has 3 aromatic rings. The Labute approximate surface area is 136 Å². The van der Waals surface area contributed by atoms with Crippen LogP contribution in [0.5, 0.6) is 5.75 Å². The third-order valence-corrected chi connectivity index (χ3v) is 3.79. The molecule has 1 aromatic carbocycles. The summed E-state index contributed by atoms with van der Waals surface area (Å²) in [6.45, 7) is 3.43. The zero-order valence-electron chi connectivity index (χ0n) is 13.3. The minimum atomic E-state index is -0.788. The van der Waals surface area contributed by atoms with Crippen molar-refractivity contribution in [1.29, 1.82) is 0 Å². The predicted molar refractivity (Wildman–Crippen MR) is 83.8 cm³/mol. The van der Waals surface area contributed by atoms with Crippen LogP contribution in [0.15, 0.2) is 22.7 Å². The van der Waals surface area contributed by atoms with Crippen LogP contribution in [-0.4, -0.2) is 26.0 Å². The number of hydrogen-bond donors (Lipinski definition) is 2. The molecule has 1 amide bonds. The fourth-order valence-corrected chi connectivity index (χ4v) is 2.74. The number of aryl methyl sites for hydroxylation is 3. The quantitative estimate of drug-likeness (QED) is 0.766. The summed E-state index contributed by atoms with van der Waals surface area (Å²) in [5.41, 5.74) is 7.97. The van der Waals surface area contributed by atoms with Crippen LogP contribution >= 0.6 is 0 Å². The number of aromatic nitrogens is 3. The van der Waals surface area contributed by atoms with Crippen molar-refractivity contribution in [2.75, 3.05) is 0 Å². The molecule has 7 nitrogen and oxygen atoms in total. The fourth-order valence-electron chi connectivity index (χ4n) is 2.74. The molecule has 3 rings (SSSR count). The number of aromatic hydroxyl groups is 1. The van der Waals surface area contributed by atoms with E-state index in [2.05, 4.69) is 10.3 Å². The van der Waals surface area contributed by atoms with Crippen molar-refractivity contribution in [3.63, 3.8) is 0 Å². The molecule has 0 saturated heterocycles. The number of hydrogen-bond acceptors (Lipinski definition) is 5. The number of rotatable bonds is 3. The van der Waals surface area contributed by atoms with E-state index in [0.29, 0.717) is 33.8 Å². The van der Waals surface area contributed by atoms with Gasteiger partial charge in [0.25, 0.3) is 5.91 Å². The van der Waals surface area contributed by atoms with Gasteiger partial charge in [-0.2, -0.15) is 5.10 Å². The average Bonchev–Trinajstić information content (AvgIpc) is 3.01. The number of carbonyl (C=O) groups is 1. The van der Waals surface area contributed by atoms with Gasteiger partial charge in [0.2, 0.25) is 0 Å². The van der Waals surface area contributed by atoms with E-state index in [0.717, 1.165) is 6.07 Å². The molecule has 0 fully saturated rings. The second-order valence-electron chi connectivity index (χ2n) is 5.43. The van der Waals surface area contributed by atoms with E-state index < -0.39 is 17.5 Å². The second-order valence-corrected chi connectivity index (χ2v) is 5.43. The van der Waals surface area contributed by atoms with Crippen molar-refractivity contribution >= 4 is 5.91 Å². The van der Waals surface area contributed by atoms with Gasteiger partial charge in [-0.05, 0) is 32.0 Å². The van der Waals surface area contributed by atoms with Gasteiger partial charge in [-0.3, -0.25) is 9.48 Å². The molecule has 0 aliphatic rings. The Bertz CT molecular complexity index is 939. The smallest absolute Gasteiger partial charge is 0.267 e. The van der Waals surface area contributed by atoms with Crippen molar-refractivity contribution < 1.29 is 18.8 Å². The highest BCUT2D eigenvalue weighted by Crippen LogP contribution is 2.38. The predicted octanol–water partition coefficient (Wildman–Crippen LogP) is 2.30. The number of carbonyl (C=O) groups excluding carboxylic acids is 1. The molecule has 124 valence electrons. The monoisotopic (exact) mass is 330 g/mol. The molecule has 0 aliphatic heterocycles.